The van der Waals surface area contributed by atoms with Gasteiger partial charge in [0.2, 0.25) is 4.80 Å². The highest BCUT2D eigenvalue weighted by Gasteiger charge is 2.17. The van der Waals surface area contributed by atoms with Crippen molar-refractivity contribution in [2.75, 3.05) is 0 Å². The molecule has 0 saturated carbocycles. The molecule has 2 aromatic carbocycles. The van der Waals surface area contributed by atoms with Gasteiger partial charge in [0.25, 0.3) is 5.56 Å². The molecule has 0 fully saturated rings. The van der Waals surface area contributed by atoms with Crippen molar-refractivity contribution in [3.63, 3.8) is 0 Å². The molecule has 35 heavy (non-hydrogen) atoms. The van der Waals surface area contributed by atoms with Crippen LogP contribution in [0.3, 0.4) is 0 Å². The third kappa shape index (κ3) is 4.29. The predicted molar refractivity (Wildman–Crippen MR) is 136 cm³/mol. The fraction of sp³-hybridized carbons (Fsp3) is 0.0769. The molecule has 0 N–H and O–H groups in total. The number of hydrogen-bond acceptors (Lipinski definition) is 5. The van der Waals surface area contributed by atoms with Gasteiger partial charge < -0.3 is 0 Å². The standard InChI is InChI=1S/C26H21FN6OS/c1-18-24(25(34)33(31(18)2)20-11-4-3-5-12-20)30-26-32(29-16-19-10-8-9-15-28-19)23(17-35-26)21-13-6-7-14-22(21)27/h3-17H,1-2H3. The van der Waals surface area contributed by atoms with Gasteiger partial charge in [-0.3, -0.25) is 14.5 Å². The number of halogens is 1. The molecular formula is C26H21FN6OS. The van der Waals surface area contributed by atoms with E-state index in [4.69, 9.17) is 4.99 Å². The predicted octanol–water partition coefficient (Wildman–Crippen LogP) is 4.66. The molecule has 174 valence electrons. The number of thiazole rings is 1. The van der Waals surface area contributed by atoms with Crippen LogP contribution in [0.2, 0.25) is 0 Å². The number of hydrogen-bond donors (Lipinski definition) is 0. The molecule has 0 aliphatic heterocycles. The fourth-order valence-electron chi connectivity index (χ4n) is 3.69. The minimum atomic E-state index is -0.374. The summed E-state index contributed by atoms with van der Waals surface area (Å²) in [6.07, 6.45) is 3.25. The molecule has 0 unspecified atom stereocenters. The molecule has 0 amide bonds. The van der Waals surface area contributed by atoms with Crippen LogP contribution in [0.15, 0.2) is 99.3 Å². The maximum absolute atomic E-state index is 14.7. The number of rotatable bonds is 5. The Balaban J connectivity index is 1.71. The van der Waals surface area contributed by atoms with Gasteiger partial charge >= 0.3 is 0 Å². The van der Waals surface area contributed by atoms with Crippen molar-refractivity contribution in [1.82, 2.24) is 19.0 Å². The largest absolute Gasteiger partial charge is 0.297 e. The Morgan fingerprint density at radius 1 is 1.00 bits per heavy atom. The summed E-state index contributed by atoms with van der Waals surface area (Å²) in [6, 6.07) is 21.3. The Bertz CT molecular complexity index is 1640. The summed E-state index contributed by atoms with van der Waals surface area (Å²) in [5.41, 5.74) is 3.02. The third-order valence-corrected chi connectivity index (χ3v) is 6.38. The van der Waals surface area contributed by atoms with Gasteiger partial charge in [-0.25, -0.2) is 18.7 Å². The van der Waals surface area contributed by atoms with Crippen molar-refractivity contribution in [2.45, 2.75) is 6.92 Å². The quantitative estimate of drug-likeness (QED) is 0.341. The van der Waals surface area contributed by atoms with Gasteiger partial charge in [0.05, 0.1) is 29.0 Å². The minimum Gasteiger partial charge on any atom is -0.283 e. The Morgan fingerprint density at radius 2 is 1.74 bits per heavy atom. The van der Waals surface area contributed by atoms with Crippen molar-refractivity contribution in [3.05, 3.63) is 117 Å². The van der Waals surface area contributed by atoms with Gasteiger partial charge in [-0.05, 0) is 43.3 Å². The van der Waals surface area contributed by atoms with Crippen LogP contribution in [0, 0.1) is 12.7 Å². The molecule has 0 atom stereocenters. The molecule has 0 saturated heterocycles. The summed E-state index contributed by atoms with van der Waals surface area (Å²) in [5, 5.41) is 6.34. The first-order valence-corrected chi connectivity index (χ1v) is 11.7. The van der Waals surface area contributed by atoms with E-state index in [0.29, 0.717) is 33.1 Å². The molecule has 0 aliphatic rings. The average Bonchev–Trinajstić information content (AvgIpc) is 3.37. The second-order valence-corrected chi connectivity index (χ2v) is 8.55. The zero-order valence-corrected chi connectivity index (χ0v) is 19.9. The molecular weight excluding hydrogens is 463 g/mol. The SMILES string of the molecule is Cc1c(N=c2scc(-c3ccccc3F)n2N=Cc2ccccn2)c(=O)n(-c2ccccc2)n1C. The summed E-state index contributed by atoms with van der Waals surface area (Å²) < 4.78 is 19.5. The van der Waals surface area contributed by atoms with E-state index >= 15 is 0 Å². The number of pyridine rings is 1. The summed E-state index contributed by atoms with van der Waals surface area (Å²) in [6.45, 7) is 1.84. The molecule has 3 heterocycles. The zero-order chi connectivity index (χ0) is 24.4. The van der Waals surface area contributed by atoms with E-state index in [1.807, 2.05) is 62.5 Å². The first-order chi connectivity index (χ1) is 17.0. The molecule has 0 radical (unpaired) electrons. The minimum absolute atomic E-state index is 0.253. The smallest absolute Gasteiger partial charge is 0.283 e. The normalized spacial score (nSPS) is 12.0. The molecule has 3 aromatic heterocycles. The monoisotopic (exact) mass is 484 g/mol. The van der Waals surface area contributed by atoms with Crippen LogP contribution >= 0.6 is 11.3 Å². The van der Waals surface area contributed by atoms with E-state index in [9.17, 15) is 9.18 Å². The summed E-state index contributed by atoms with van der Waals surface area (Å²) in [5.74, 6) is -0.374. The number of nitrogens with zero attached hydrogens (tertiary/aromatic N) is 6. The van der Waals surface area contributed by atoms with Crippen LogP contribution in [-0.4, -0.2) is 25.2 Å². The van der Waals surface area contributed by atoms with E-state index in [1.165, 1.54) is 22.1 Å². The van der Waals surface area contributed by atoms with Gasteiger partial charge in [0.15, 0.2) is 5.69 Å². The van der Waals surface area contributed by atoms with E-state index in [-0.39, 0.29) is 11.4 Å². The highest BCUT2D eigenvalue weighted by Crippen LogP contribution is 2.24. The van der Waals surface area contributed by atoms with E-state index in [2.05, 4.69) is 10.1 Å². The Kier molecular flexibility index (Phi) is 6.07. The van der Waals surface area contributed by atoms with Crippen molar-refractivity contribution < 1.29 is 4.39 Å². The van der Waals surface area contributed by atoms with Crippen LogP contribution in [-0.2, 0) is 7.05 Å². The molecule has 0 bridgehead atoms. The first-order valence-electron chi connectivity index (χ1n) is 10.8. The molecule has 7 nitrogen and oxygen atoms in total. The topological polar surface area (TPSA) is 69.5 Å². The van der Waals surface area contributed by atoms with Crippen molar-refractivity contribution in [3.8, 4) is 16.9 Å². The highest BCUT2D eigenvalue weighted by atomic mass is 32.1. The molecule has 5 aromatic rings. The van der Waals surface area contributed by atoms with E-state index in [1.54, 1.807) is 45.4 Å². The lowest BCUT2D eigenvalue weighted by molar-refractivity contribution is 0.629. The van der Waals surface area contributed by atoms with Crippen LogP contribution in [0.4, 0.5) is 10.1 Å². The third-order valence-electron chi connectivity index (χ3n) is 5.56. The number of para-hydroxylation sites is 1. The lowest BCUT2D eigenvalue weighted by atomic mass is 10.1. The van der Waals surface area contributed by atoms with Crippen molar-refractivity contribution in [2.24, 2.45) is 17.1 Å². The Morgan fingerprint density at radius 3 is 2.49 bits per heavy atom. The fourth-order valence-corrected chi connectivity index (χ4v) is 4.52. The first kappa shape index (κ1) is 22.4. The molecule has 0 aliphatic carbocycles. The average molecular weight is 485 g/mol. The maximum Gasteiger partial charge on any atom is 0.297 e. The summed E-state index contributed by atoms with van der Waals surface area (Å²) in [7, 11) is 1.81. The highest BCUT2D eigenvalue weighted by molar-refractivity contribution is 7.07. The summed E-state index contributed by atoms with van der Waals surface area (Å²) >= 11 is 1.28. The molecule has 5 rings (SSSR count). The van der Waals surface area contributed by atoms with Gasteiger partial charge in [-0.2, -0.15) is 5.10 Å². The lowest BCUT2D eigenvalue weighted by Crippen LogP contribution is -2.20. The second-order valence-electron chi connectivity index (χ2n) is 7.72. The Labute approximate surface area is 204 Å². The molecule has 0 spiro atoms. The number of aromatic nitrogens is 4. The van der Waals surface area contributed by atoms with E-state index in [0.717, 1.165) is 5.69 Å². The van der Waals surface area contributed by atoms with Gasteiger partial charge in [0.1, 0.15) is 5.82 Å². The summed E-state index contributed by atoms with van der Waals surface area (Å²) in [4.78, 5) is 22.8. The Hall–Kier alpha value is -4.37. The van der Waals surface area contributed by atoms with Gasteiger partial charge in [0, 0.05) is 24.2 Å². The second kappa shape index (κ2) is 9.47. The maximum atomic E-state index is 14.7. The van der Waals surface area contributed by atoms with Crippen LogP contribution < -0.4 is 10.4 Å². The number of benzene rings is 2. The van der Waals surface area contributed by atoms with E-state index < -0.39 is 0 Å². The lowest BCUT2D eigenvalue weighted by Gasteiger charge is -2.07. The zero-order valence-electron chi connectivity index (χ0n) is 19.0. The van der Waals surface area contributed by atoms with Crippen LogP contribution in [0.1, 0.15) is 11.4 Å². The van der Waals surface area contributed by atoms with Gasteiger partial charge in [-0.15, -0.1) is 11.3 Å². The van der Waals surface area contributed by atoms with Crippen LogP contribution in [0.25, 0.3) is 16.9 Å². The van der Waals surface area contributed by atoms with Crippen molar-refractivity contribution in [1.29, 1.82) is 0 Å². The van der Waals surface area contributed by atoms with Crippen LogP contribution in [0.5, 0.6) is 0 Å². The van der Waals surface area contributed by atoms with Gasteiger partial charge in [-0.1, -0.05) is 36.4 Å². The van der Waals surface area contributed by atoms with Crippen molar-refractivity contribution >= 4 is 23.2 Å². The molecule has 9 heteroatoms.